The van der Waals surface area contributed by atoms with Gasteiger partial charge in [-0.25, -0.2) is 4.98 Å². The fraction of sp³-hybridized carbons (Fsp3) is 0. The third-order valence-corrected chi connectivity index (χ3v) is 2.55. The van der Waals surface area contributed by atoms with E-state index < -0.39 is 11.8 Å². The lowest BCUT2D eigenvalue weighted by Gasteiger charge is -1.95. The lowest BCUT2D eigenvalue weighted by atomic mass is 10.2. The van der Waals surface area contributed by atoms with Gasteiger partial charge in [-0.2, -0.15) is 0 Å². The Bertz CT molecular complexity index is 656. The molecule has 88 valence electrons. The van der Waals surface area contributed by atoms with Crippen LogP contribution in [-0.4, -0.2) is 16.8 Å². The Kier molecular flexibility index (Phi) is 2.30. The molecule has 0 fully saturated rings. The van der Waals surface area contributed by atoms with Crippen LogP contribution in [0, 0.1) is 0 Å². The molecule has 0 radical (unpaired) electrons. The molecule has 18 heavy (non-hydrogen) atoms. The minimum Gasteiger partial charge on any atom is -0.436 e. The van der Waals surface area contributed by atoms with Crippen LogP contribution < -0.4 is 5.32 Å². The second-order valence-electron chi connectivity index (χ2n) is 3.77. The molecular weight excluding hydrogens is 232 g/mol. The van der Waals surface area contributed by atoms with Crippen LogP contribution in [0.15, 0.2) is 47.0 Å². The van der Waals surface area contributed by atoms with Crippen molar-refractivity contribution in [3.63, 3.8) is 0 Å². The van der Waals surface area contributed by atoms with Crippen LogP contribution >= 0.6 is 0 Å². The molecule has 5 heteroatoms. The van der Waals surface area contributed by atoms with Gasteiger partial charge in [-0.15, -0.1) is 0 Å². The lowest BCUT2D eigenvalue weighted by Crippen LogP contribution is -2.21. The summed E-state index contributed by atoms with van der Waals surface area (Å²) in [5, 5.41) is 2.16. The number of hydrogen-bond acceptors (Lipinski definition) is 4. The van der Waals surface area contributed by atoms with E-state index in [1.165, 1.54) is 12.3 Å². The molecule has 1 aliphatic heterocycles. The van der Waals surface area contributed by atoms with Crippen LogP contribution in [0.3, 0.4) is 0 Å². The average Bonchev–Trinajstić information content (AvgIpc) is 2.97. The largest absolute Gasteiger partial charge is 0.436 e. The van der Waals surface area contributed by atoms with E-state index in [1.54, 1.807) is 0 Å². The molecule has 2 aromatic rings. The summed E-state index contributed by atoms with van der Waals surface area (Å²) in [6.07, 6.45) is 2.64. The number of oxazole rings is 1. The zero-order chi connectivity index (χ0) is 12.5. The number of hydrogen-bond donors (Lipinski definition) is 1. The Morgan fingerprint density at radius 3 is 2.56 bits per heavy atom. The highest BCUT2D eigenvalue weighted by Gasteiger charge is 2.25. The minimum atomic E-state index is -0.462. The van der Waals surface area contributed by atoms with Gasteiger partial charge in [0.2, 0.25) is 5.89 Å². The van der Waals surface area contributed by atoms with Crippen molar-refractivity contribution < 1.29 is 14.0 Å². The molecule has 0 bridgehead atoms. The van der Waals surface area contributed by atoms with Gasteiger partial charge in [0, 0.05) is 11.6 Å². The Morgan fingerprint density at radius 1 is 1.11 bits per heavy atom. The maximum absolute atomic E-state index is 11.4. The van der Waals surface area contributed by atoms with Crippen LogP contribution in [0.2, 0.25) is 0 Å². The maximum Gasteiger partial charge on any atom is 0.262 e. The zero-order valence-corrected chi connectivity index (χ0v) is 9.21. The van der Waals surface area contributed by atoms with Gasteiger partial charge in [0.25, 0.3) is 11.8 Å². The second kappa shape index (κ2) is 3.96. The van der Waals surface area contributed by atoms with Gasteiger partial charge in [-0.1, -0.05) is 18.2 Å². The molecule has 2 amide bonds. The van der Waals surface area contributed by atoms with Gasteiger partial charge >= 0.3 is 0 Å². The molecule has 0 unspecified atom stereocenters. The first-order valence-corrected chi connectivity index (χ1v) is 5.33. The van der Waals surface area contributed by atoms with Crippen molar-refractivity contribution >= 4 is 17.4 Å². The van der Waals surface area contributed by atoms with E-state index in [0.717, 1.165) is 5.56 Å². The molecule has 0 aliphatic carbocycles. The average molecular weight is 240 g/mol. The Morgan fingerprint density at radius 2 is 1.89 bits per heavy atom. The van der Waals surface area contributed by atoms with Crippen LogP contribution in [0.5, 0.6) is 0 Å². The Hall–Kier alpha value is -2.69. The summed E-state index contributed by atoms with van der Waals surface area (Å²) < 4.78 is 5.48. The molecule has 0 saturated heterocycles. The summed E-state index contributed by atoms with van der Waals surface area (Å²) in [7, 11) is 0. The van der Waals surface area contributed by atoms with Gasteiger partial charge in [0.05, 0.1) is 11.8 Å². The Labute approximate surface area is 102 Å². The third-order valence-electron chi connectivity index (χ3n) is 2.55. The zero-order valence-electron chi connectivity index (χ0n) is 9.21. The number of aromatic nitrogens is 1. The minimum absolute atomic E-state index is 0.203. The molecule has 5 nitrogen and oxygen atoms in total. The second-order valence-corrected chi connectivity index (χ2v) is 3.77. The van der Waals surface area contributed by atoms with Crippen LogP contribution in [0.4, 0.5) is 0 Å². The number of carbonyl (C=O) groups is 2. The summed E-state index contributed by atoms with van der Waals surface area (Å²) in [6.45, 7) is 0. The summed E-state index contributed by atoms with van der Waals surface area (Å²) in [4.78, 5) is 26.6. The maximum atomic E-state index is 11.4. The molecule has 1 N–H and O–H groups in total. The van der Waals surface area contributed by atoms with E-state index >= 15 is 0 Å². The quantitative estimate of drug-likeness (QED) is 0.805. The summed E-state index contributed by atoms with van der Waals surface area (Å²) in [5.74, 6) is -0.195. The van der Waals surface area contributed by atoms with Crippen LogP contribution in [0.25, 0.3) is 17.0 Å². The summed E-state index contributed by atoms with van der Waals surface area (Å²) in [5.41, 5.74) is 1.02. The lowest BCUT2D eigenvalue weighted by molar-refractivity contribution is -0.123. The highest BCUT2D eigenvalue weighted by atomic mass is 16.4. The van der Waals surface area contributed by atoms with Crippen molar-refractivity contribution in [3.8, 4) is 11.5 Å². The van der Waals surface area contributed by atoms with Crippen molar-refractivity contribution in [3.05, 3.63) is 48.4 Å². The van der Waals surface area contributed by atoms with Crippen molar-refractivity contribution in [2.45, 2.75) is 0 Å². The first-order chi connectivity index (χ1) is 8.74. The normalized spacial score (nSPS) is 14.6. The van der Waals surface area contributed by atoms with Crippen molar-refractivity contribution in [1.82, 2.24) is 10.3 Å². The van der Waals surface area contributed by atoms with Crippen molar-refractivity contribution in [2.24, 2.45) is 0 Å². The number of carbonyl (C=O) groups excluding carboxylic acids is 2. The molecule has 1 aliphatic rings. The molecule has 1 aromatic carbocycles. The van der Waals surface area contributed by atoms with Crippen LogP contribution in [-0.2, 0) is 9.59 Å². The van der Waals surface area contributed by atoms with E-state index in [4.69, 9.17) is 4.42 Å². The molecule has 0 atom stereocenters. The first kappa shape index (κ1) is 10.5. The topological polar surface area (TPSA) is 72.2 Å². The molecule has 2 heterocycles. The number of benzene rings is 1. The highest BCUT2D eigenvalue weighted by Crippen LogP contribution is 2.24. The number of rotatable bonds is 2. The van der Waals surface area contributed by atoms with E-state index in [2.05, 4.69) is 10.3 Å². The number of amides is 2. The molecular formula is C13H8N2O3. The molecule has 3 rings (SSSR count). The van der Waals surface area contributed by atoms with E-state index in [1.807, 2.05) is 30.3 Å². The van der Waals surface area contributed by atoms with Gasteiger partial charge < -0.3 is 4.42 Å². The van der Waals surface area contributed by atoms with E-state index in [-0.39, 0.29) is 11.3 Å². The van der Waals surface area contributed by atoms with Gasteiger partial charge in [0.1, 0.15) is 0 Å². The van der Waals surface area contributed by atoms with Gasteiger partial charge in [-0.3, -0.25) is 14.9 Å². The number of imide groups is 1. The standard InChI is InChI=1S/C13H8N2O3/c16-11-6-9(12(17)15-11)10-7-14-13(18-10)8-4-2-1-3-5-8/h1-7H,(H,15,16,17). The fourth-order valence-electron chi connectivity index (χ4n) is 1.71. The predicted molar refractivity (Wildman–Crippen MR) is 63.1 cm³/mol. The molecule has 1 aromatic heterocycles. The highest BCUT2D eigenvalue weighted by molar-refractivity contribution is 6.33. The van der Waals surface area contributed by atoms with Crippen molar-refractivity contribution in [1.29, 1.82) is 0 Å². The van der Waals surface area contributed by atoms with Crippen molar-refractivity contribution in [2.75, 3.05) is 0 Å². The fourth-order valence-corrected chi connectivity index (χ4v) is 1.71. The third kappa shape index (κ3) is 1.71. The smallest absolute Gasteiger partial charge is 0.262 e. The molecule has 0 saturated carbocycles. The summed E-state index contributed by atoms with van der Waals surface area (Å²) in [6, 6.07) is 9.32. The Balaban J connectivity index is 1.98. The number of nitrogens with one attached hydrogen (secondary N) is 1. The van der Waals surface area contributed by atoms with Gasteiger partial charge in [0.15, 0.2) is 5.76 Å². The number of nitrogens with zero attached hydrogens (tertiary/aromatic N) is 1. The molecule has 0 spiro atoms. The SMILES string of the molecule is O=C1C=C(c2cnc(-c3ccccc3)o2)C(=O)N1. The van der Waals surface area contributed by atoms with E-state index in [9.17, 15) is 9.59 Å². The summed E-state index contributed by atoms with van der Waals surface area (Å²) >= 11 is 0. The first-order valence-electron chi connectivity index (χ1n) is 5.33. The van der Waals surface area contributed by atoms with E-state index in [0.29, 0.717) is 5.89 Å². The van der Waals surface area contributed by atoms with Gasteiger partial charge in [-0.05, 0) is 12.1 Å². The van der Waals surface area contributed by atoms with Crippen LogP contribution in [0.1, 0.15) is 5.76 Å². The predicted octanol–water partition coefficient (Wildman–Crippen LogP) is 1.38. The monoisotopic (exact) mass is 240 g/mol.